The zero-order valence-electron chi connectivity index (χ0n) is 4.80. The Kier molecular flexibility index (Phi) is 0.970. The molecule has 6 heteroatoms. The van der Waals surface area contributed by atoms with Gasteiger partial charge in [0.25, 0.3) is 0 Å². The van der Waals surface area contributed by atoms with Crippen molar-refractivity contribution in [3.8, 4) is 6.01 Å². The van der Waals surface area contributed by atoms with Gasteiger partial charge in [-0.15, -0.1) is 5.10 Å². The van der Waals surface area contributed by atoms with Crippen LogP contribution in [0.5, 0.6) is 0 Å². The lowest BCUT2D eigenvalue weighted by Gasteiger charge is -1.85. The molecular weight excluding hydrogens is 134 g/mol. The summed E-state index contributed by atoms with van der Waals surface area (Å²) < 4.78 is 6.04. The van der Waals surface area contributed by atoms with E-state index in [9.17, 15) is 0 Å². The molecule has 49 valence electrons. The van der Waals surface area contributed by atoms with E-state index < -0.39 is 0 Å². The Hall–Kier alpha value is -1.72. The molecule has 0 bridgehead atoms. The Balaban J connectivity index is 2.48. The summed E-state index contributed by atoms with van der Waals surface area (Å²) in [4.78, 5) is 3.69. The average molecular weight is 136 g/mol. The molecule has 2 aromatic heterocycles. The first-order valence-corrected chi connectivity index (χ1v) is 2.51. The third-order valence-electron chi connectivity index (χ3n) is 0.928. The van der Waals surface area contributed by atoms with E-state index in [1.807, 2.05) is 0 Å². The number of hydrogen-bond acceptors (Lipinski definition) is 5. The predicted molar refractivity (Wildman–Crippen MR) is 28.1 cm³/mol. The van der Waals surface area contributed by atoms with E-state index in [0.29, 0.717) is 0 Å². The Morgan fingerprint density at radius 2 is 2.60 bits per heavy atom. The summed E-state index contributed by atoms with van der Waals surface area (Å²) >= 11 is 0. The minimum Gasteiger partial charge on any atom is -0.397 e. The van der Waals surface area contributed by atoms with Gasteiger partial charge in [0, 0.05) is 0 Å². The van der Waals surface area contributed by atoms with Gasteiger partial charge >= 0.3 is 12.4 Å². The largest absolute Gasteiger partial charge is 0.397 e. The van der Waals surface area contributed by atoms with Gasteiger partial charge in [-0.25, -0.2) is 4.98 Å². The monoisotopic (exact) mass is 136 g/mol. The summed E-state index contributed by atoms with van der Waals surface area (Å²) in [6.45, 7) is 0. The first kappa shape index (κ1) is 5.10. The van der Waals surface area contributed by atoms with E-state index in [1.165, 1.54) is 17.3 Å². The SMILES string of the molecule is [c]1nnc(-n2cncn2)o1. The standard InChI is InChI=1S/C4H2N5O/c1-5-2-9(7-1)4-8-6-3-10-4/h1-2H. The zero-order chi connectivity index (χ0) is 6.81. The van der Waals surface area contributed by atoms with E-state index in [0.717, 1.165) is 0 Å². The molecule has 0 aromatic carbocycles. The van der Waals surface area contributed by atoms with Gasteiger partial charge in [0.2, 0.25) is 0 Å². The first-order chi connectivity index (χ1) is 4.97. The normalized spacial score (nSPS) is 10.0. The lowest BCUT2D eigenvalue weighted by Crippen LogP contribution is -1.93. The number of rotatable bonds is 1. The zero-order valence-corrected chi connectivity index (χ0v) is 4.80. The van der Waals surface area contributed by atoms with E-state index >= 15 is 0 Å². The van der Waals surface area contributed by atoms with Crippen LogP contribution in [0.3, 0.4) is 0 Å². The van der Waals surface area contributed by atoms with Crippen molar-refractivity contribution in [3.05, 3.63) is 19.0 Å². The molecule has 0 saturated carbocycles. The highest BCUT2D eigenvalue weighted by molar-refractivity contribution is 4.94. The Morgan fingerprint density at radius 3 is 3.20 bits per heavy atom. The van der Waals surface area contributed by atoms with Gasteiger partial charge in [-0.05, 0) is 0 Å². The molecule has 1 radical (unpaired) electrons. The van der Waals surface area contributed by atoms with Crippen LogP contribution in [-0.2, 0) is 0 Å². The van der Waals surface area contributed by atoms with E-state index in [-0.39, 0.29) is 6.01 Å². The van der Waals surface area contributed by atoms with Crippen LogP contribution in [0.15, 0.2) is 17.1 Å². The molecule has 0 fully saturated rings. The molecule has 10 heavy (non-hydrogen) atoms. The molecule has 0 aliphatic carbocycles. The van der Waals surface area contributed by atoms with Gasteiger partial charge in [-0.1, -0.05) is 5.10 Å². The van der Waals surface area contributed by atoms with Crippen LogP contribution in [0.4, 0.5) is 0 Å². The first-order valence-electron chi connectivity index (χ1n) is 2.51. The summed E-state index contributed by atoms with van der Waals surface area (Å²) in [5, 5.41) is 10.6. The Morgan fingerprint density at radius 1 is 1.60 bits per heavy atom. The molecule has 2 rings (SSSR count). The van der Waals surface area contributed by atoms with Gasteiger partial charge in [0.15, 0.2) is 0 Å². The third kappa shape index (κ3) is 0.661. The highest BCUT2D eigenvalue weighted by Gasteiger charge is 2.00. The maximum atomic E-state index is 4.69. The second-order valence-corrected chi connectivity index (χ2v) is 1.52. The molecule has 0 aliphatic heterocycles. The summed E-state index contributed by atoms with van der Waals surface area (Å²) in [6, 6.07) is 0.262. The summed E-state index contributed by atoms with van der Waals surface area (Å²) in [7, 11) is 0. The van der Waals surface area contributed by atoms with Crippen LogP contribution >= 0.6 is 0 Å². The maximum absolute atomic E-state index is 4.69. The van der Waals surface area contributed by atoms with Crippen LogP contribution in [0, 0.1) is 6.39 Å². The molecule has 2 heterocycles. The van der Waals surface area contributed by atoms with Gasteiger partial charge < -0.3 is 4.42 Å². The fourth-order valence-electron chi connectivity index (χ4n) is 0.544. The van der Waals surface area contributed by atoms with Crippen LogP contribution in [0.25, 0.3) is 6.01 Å². The van der Waals surface area contributed by atoms with Crippen LogP contribution in [-0.4, -0.2) is 25.0 Å². The quantitative estimate of drug-likeness (QED) is 0.526. The van der Waals surface area contributed by atoms with Crippen molar-refractivity contribution < 1.29 is 4.42 Å². The minimum atomic E-state index is 0.262. The van der Waals surface area contributed by atoms with Gasteiger partial charge in [0.1, 0.15) is 12.7 Å². The predicted octanol–water partition coefficient (Wildman–Crippen LogP) is -0.550. The molecule has 0 N–H and O–H groups in total. The third-order valence-corrected chi connectivity index (χ3v) is 0.928. The Labute approximate surface area is 55.5 Å². The van der Waals surface area contributed by atoms with Gasteiger partial charge in [0.05, 0.1) is 0 Å². The van der Waals surface area contributed by atoms with E-state index in [4.69, 9.17) is 4.42 Å². The van der Waals surface area contributed by atoms with Crippen LogP contribution in [0.2, 0.25) is 0 Å². The van der Waals surface area contributed by atoms with Crippen molar-refractivity contribution in [2.24, 2.45) is 0 Å². The van der Waals surface area contributed by atoms with Crippen molar-refractivity contribution in [2.75, 3.05) is 0 Å². The summed E-state index contributed by atoms with van der Waals surface area (Å²) in [5.74, 6) is 0. The molecule has 0 aliphatic rings. The molecule has 0 amide bonds. The van der Waals surface area contributed by atoms with Crippen molar-refractivity contribution in [1.82, 2.24) is 25.0 Å². The average Bonchev–Trinajstić information content (AvgIpc) is 2.59. The van der Waals surface area contributed by atoms with Crippen LogP contribution < -0.4 is 0 Å². The summed E-state index contributed by atoms with van der Waals surface area (Å²) in [6.07, 6.45) is 5.03. The summed E-state index contributed by atoms with van der Waals surface area (Å²) in [5.41, 5.74) is 0. The molecular formula is C4H2N5O. The molecule has 6 nitrogen and oxygen atoms in total. The van der Waals surface area contributed by atoms with Gasteiger partial charge in [-0.3, -0.25) is 0 Å². The molecule has 0 spiro atoms. The van der Waals surface area contributed by atoms with Gasteiger partial charge in [-0.2, -0.15) is 9.78 Å². The van der Waals surface area contributed by atoms with Crippen molar-refractivity contribution >= 4 is 0 Å². The second-order valence-electron chi connectivity index (χ2n) is 1.52. The minimum absolute atomic E-state index is 0.262. The molecule has 0 unspecified atom stereocenters. The maximum Gasteiger partial charge on any atom is 0.345 e. The number of hydrogen-bond donors (Lipinski definition) is 0. The van der Waals surface area contributed by atoms with E-state index in [2.05, 4.69) is 26.7 Å². The van der Waals surface area contributed by atoms with Crippen molar-refractivity contribution in [1.29, 1.82) is 0 Å². The fourth-order valence-corrected chi connectivity index (χ4v) is 0.544. The van der Waals surface area contributed by atoms with Crippen molar-refractivity contribution in [2.45, 2.75) is 0 Å². The topological polar surface area (TPSA) is 69.6 Å². The number of nitrogens with zero attached hydrogens (tertiary/aromatic N) is 5. The highest BCUT2D eigenvalue weighted by atomic mass is 16.4. The highest BCUT2D eigenvalue weighted by Crippen LogP contribution is 1.95. The molecule has 0 saturated heterocycles. The van der Waals surface area contributed by atoms with Crippen LogP contribution in [0.1, 0.15) is 0 Å². The molecule has 2 aromatic rings. The number of aromatic nitrogens is 5. The molecule has 0 atom stereocenters. The Bertz CT molecular complexity index is 253. The lowest BCUT2D eigenvalue weighted by molar-refractivity contribution is 0.500. The van der Waals surface area contributed by atoms with Crippen molar-refractivity contribution in [3.63, 3.8) is 0 Å². The lowest BCUT2D eigenvalue weighted by atomic mass is 11.1. The van der Waals surface area contributed by atoms with E-state index in [1.54, 1.807) is 0 Å². The smallest absolute Gasteiger partial charge is 0.345 e. The second kappa shape index (κ2) is 1.90. The fraction of sp³-hybridized carbons (Fsp3) is 0.